The predicted molar refractivity (Wildman–Crippen MR) is 98.6 cm³/mol. The molecule has 0 radical (unpaired) electrons. The van der Waals surface area contributed by atoms with Crippen molar-refractivity contribution in [3.8, 4) is 22.6 Å². The maximum absolute atomic E-state index is 12.2. The zero-order chi connectivity index (χ0) is 19.3. The van der Waals surface area contributed by atoms with Crippen LogP contribution in [0.2, 0.25) is 0 Å². The number of alkyl halides is 3. The molecule has 0 unspecified atom stereocenters. The van der Waals surface area contributed by atoms with E-state index in [0.717, 1.165) is 11.1 Å². The van der Waals surface area contributed by atoms with Crippen LogP contribution in [0.3, 0.4) is 0 Å². The highest BCUT2D eigenvalue weighted by Crippen LogP contribution is 2.31. The Morgan fingerprint density at radius 2 is 1.44 bits per heavy atom. The van der Waals surface area contributed by atoms with E-state index in [1.54, 1.807) is 6.07 Å². The summed E-state index contributed by atoms with van der Waals surface area (Å²) in [5, 5.41) is 0. The SMILES string of the molecule is Nc1cc(OCC(F)(F)F)ccc1-c1ccc(OCc2ccccc2)cc1. The minimum Gasteiger partial charge on any atom is -0.489 e. The fourth-order valence-electron chi connectivity index (χ4n) is 2.53. The minimum atomic E-state index is -4.39. The van der Waals surface area contributed by atoms with Crippen LogP contribution >= 0.6 is 0 Å². The number of nitrogens with two attached hydrogens (primary N) is 1. The molecule has 3 aromatic carbocycles. The van der Waals surface area contributed by atoms with Gasteiger partial charge in [-0.2, -0.15) is 13.2 Å². The first-order valence-electron chi connectivity index (χ1n) is 8.27. The zero-order valence-corrected chi connectivity index (χ0v) is 14.4. The number of hydrogen-bond acceptors (Lipinski definition) is 3. The van der Waals surface area contributed by atoms with Crippen molar-refractivity contribution in [3.63, 3.8) is 0 Å². The number of benzene rings is 3. The van der Waals surface area contributed by atoms with Gasteiger partial charge in [0, 0.05) is 17.3 Å². The van der Waals surface area contributed by atoms with Crippen molar-refractivity contribution in [2.24, 2.45) is 0 Å². The van der Waals surface area contributed by atoms with Crippen LogP contribution in [0.4, 0.5) is 18.9 Å². The van der Waals surface area contributed by atoms with Gasteiger partial charge in [0.25, 0.3) is 0 Å². The number of anilines is 1. The quantitative estimate of drug-likeness (QED) is 0.584. The van der Waals surface area contributed by atoms with E-state index >= 15 is 0 Å². The summed E-state index contributed by atoms with van der Waals surface area (Å²) in [5.74, 6) is 0.794. The maximum Gasteiger partial charge on any atom is 0.422 e. The Balaban J connectivity index is 1.66. The summed E-state index contributed by atoms with van der Waals surface area (Å²) in [6, 6.07) is 21.7. The van der Waals surface area contributed by atoms with Gasteiger partial charge in [-0.05, 0) is 35.4 Å². The highest BCUT2D eigenvalue weighted by atomic mass is 19.4. The molecule has 3 nitrogen and oxygen atoms in total. The summed E-state index contributed by atoms with van der Waals surface area (Å²) < 4.78 is 47.1. The number of ether oxygens (including phenoxy) is 2. The van der Waals surface area contributed by atoms with Gasteiger partial charge in [0.1, 0.15) is 18.1 Å². The van der Waals surface area contributed by atoms with Crippen molar-refractivity contribution in [1.29, 1.82) is 0 Å². The average molecular weight is 373 g/mol. The molecule has 0 aliphatic carbocycles. The first-order valence-corrected chi connectivity index (χ1v) is 8.27. The fraction of sp³-hybridized carbons (Fsp3) is 0.143. The smallest absolute Gasteiger partial charge is 0.422 e. The number of nitrogen functional groups attached to an aromatic ring is 1. The van der Waals surface area contributed by atoms with Crippen molar-refractivity contribution < 1.29 is 22.6 Å². The van der Waals surface area contributed by atoms with Gasteiger partial charge < -0.3 is 15.2 Å². The van der Waals surface area contributed by atoms with E-state index in [1.165, 1.54) is 12.1 Å². The molecule has 0 heterocycles. The molecule has 0 saturated carbocycles. The summed E-state index contributed by atoms with van der Waals surface area (Å²) in [5.41, 5.74) is 8.93. The average Bonchev–Trinajstić information content (AvgIpc) is 2.66. The lowest BCUT2D eigenvalue weighted by molar-refractivity contribution is -0.153. The summed E-state index contributed by atoms with van der Waals surface area (Å²) in [4.78, 5) is 0. The Kier molecular flexibility index (Phi) is 5.54. The third-order valence-corrected chi connectivity index (χ3v) is 3.84. The maximum atomic E-state index is 12.2. The molecule has 0 bridgehead atoms. The first-order chi connectivity index (χ1) is 12.9. The molecule has 0 atom stereocenters. The van der Waals surface area contributed by atoms with Gasteiger partial charge >= 0.3 is 6.18 Å². The number of rotatable bonds is 6. The predicted octanol–water partition coefficient (Wildman–Crippen LogP) is 5.46. The Morgan fingerprint density at radius 3 is 2.07 bits per heavy atom. The molecular weight excluding hydrogens is 355 g/mol. The summed E-state index contributed by atoms with van der Waals surface area (Å²) >= 11 is 0. The Morgan fingerprint density at radius 1 is 0.778 bits per heavy atom. The topological polar surface area (TPSA) is 44.5 Å². The van der Waals surface area contributed by atoms with Crippen LogP contribution in [-0.2, 0) is 6.61 Å². The fourth-order valence-corrected chi connectivity index (χ4v) is 2.53. The lowest BCUT2D eigenvalue weighted by atomic mass is 10.0. The second-order valence-electron chi connectivity index (χ2n) is 5.95. The van der Waals surface area contributed by atoms with Gasteiger partial charge in [-0.15, -0.1) is 0 Å². The monoisotopic (exact) mass is 373 g/mol. The molecule has 2 N–H and O–H groups in total. The van der Waals surface area contributed by atoms with Gasteiger partial charge in [-0.1, -0.05) is 42.5 Å². The van der Waals surface area contributed by atoms with E-state index in [-0.39, 0.29) is 5.75 Å². The molecule has 0 aliphatic heterocycles. The zero-order valence-electron chi connectivity index (χ0n) is 14.4. The molecule has 0 aliphatic rings. The van der Waals surface area contributed by atoms with Crippen LogP contribution in [-0.4, -0.2) is 12.8 Å². The van der Waals surface area contributed by atoms with Crippen molar-refractivity contribution >= 4 is 5.69 Å². The lowest BCUT2D eigenvalue weighted by Gasteiger charge is -2.12. The number of halogens is 3. The standard InChI is InChI=1S/C21H18F3NO2/c22-21(23,24)14-27-18-10-11-19(20(25)12-18)16-6-8-17(9-7-16)26-13-15-4-2-1-3-5-15/h1-12H,13-14,25H2. The van der Waals surface area contributed by atoms with E-state index in [0.29, 0.717) is 23.6 Å². The van der Waals surface area contributed by atoms with Crippen LogP contribution in [0.1, 0.15) is 5.56 Å². The van der Waals surface area contributed by atoms with Crippen LogP contribution in [0, 0.1) is 0 Å². The van der Waals surface area contributed by atoms with Crippen LogP contribution in [0.5, 0.6) is 11.5 Å². The molecule has 0 aromatic heterocycles. The minimum absolute atomic E-state index is 0.0800. The van der Waals surface area contributed by atoms with Crippen LogP contribution in [0.15, 0.2) is 72.8 Å². The Labute approximate surface area is 155 Å². The Hall–Kier alpha value is -3.15. The Bertz CT molecular complexity index is 878. The molecule has 0 amide bonds. The molecule has 0 saturated heterocycles. The van der Waals surface area contributed by atoms with E-state index < -0.39 is 12.8 Å². The molecule has 3 rings (SSSR count). The van der Waals surface area contributed by atoms with Crippen LogP contribution < -0.4 is 15.2 Å². The van der Waals surface area contributed by atoms with Gasteiger partial charge in [-0.3, -0.25) is 0 Å². The van der Waals surface area contributed by atoms with Gasteiger partial charge in [0.05, 0.1) is 0 Å². The molecule has 3 aromatic rings. The van der Waals surface area contributed by atoms with Crippen molar-refractivity contribution in [2.75, 3.05) is 12.3 Å². The molecule has 27 heavy (non-hydrogen) atoms. The third kappa shape index (κ3) is 5.41. The summed E-state index contributed by atoms with van der Waals surface area (Å²) in [6.45, 7) is -0.882. The highest BCUT2D eigenvalue weighted by Gasteiger charge is 2.28. The molecule has 0 spiro atoms. The van der Waals surface area contributed by atoms with E-state index in [9.17, 15) is 13.2 Å². The van der Waals surface area contributed by atoms with Crippen molar-refractivity contribution in [1.82, 2.24) is 0 Å². The second-order valence-corrected chi connectivity index (χ2v) is 5.95. The van der Waals surface area contributed by atoms with Crippen LogP contribution in [0.25, 0.3) is 11.1 Å². The number of hydrogen-bond donors (Lipinski definition) is 1. The van der Waals surface area contributed by atoms with Crippen molar-refractivity contribution in [2.45, 2.75) is 12.8 Å². The summed E-state index contributed by atoms with van der Waals surface area (Å²) in [6.07, 6.45) is -4.39. The van der Waals surface area contributed by atoms with Gasteiger partial charge in [0.2, 0.25) is 0 Å². The molecule has 6 heteroatoms. The van der Waals surface area contributed by atoms with E-state index in [1.807, 2.05) is 54.6 Å². The largest absolute Gasteiger partial charge is 0.489 e. The lowest BCUT2D eigenvalue weighted by Crippen LogP contribution is -2.19. The van der Waals surface area contributed by atoms with E-state index in [4.69, 9.17) is 15.2 Å². The summed E-state index contributed by atoms with van der Waals surface area (Å²) in [7, 11) is 0. The highest BCUT2D eigenvalue weighted by molar-refractivity contribution is 5.77. The van der Waals surface area contributed by atoms with E-state index in [2.05, 4.69) is 0 Å². The molecular formula is C21H18F3NO2. The third-order valence-electron chi connectivity index (χ3n) is 3.84. The van der Waals surface area contributed by atoms with Crippen molar-refractivity contribution in [3.05, 3.63) is 78.4 Å². The van der Waals surface area contributed by atoms with Gasteiger partial charge in [0.15, 0.2) is 6.61 Å². The molecule has 140 valence electrons. The molecule has 0 fully saturated rings. The first kappa shape index (κ1) is 18.6. The second kappa shape index (κ2) is 8.03. The van der Waals surface area contributed by atoms with Gasteiger partial charge in [-0.25, -0.2) is 0 Å². The normalized spacial score (nSPS) is 11.2.